The lowest BCUT2D eigenvalue weighted by atomic mass is 9.85. The highest BCUT2D eigenvalue weighted by molar-refractivity contribution is 5.96. The van der Waals surface area contributed by atoms with E-state index in [0.29, 0.717) is 6.42 Å². The zero-order valence-corrected chi connectivity index (χ0v) is 10.6. The maximum absolute atomic E-state index is 12.1. The monoisotopic (exact) mass is 233 g/mol. The van der Waals surface area contributed by atoms with Crippen LogP contribution in [0.1, 0.15) is 39.2 Å². The predicted octanol–water partition coefficient (Wildman–Crippen LogP) is 2.43. The lowest BCUT2D eigenvalue weighted by molar-refractivity contribution is -0.120. The van der Waals surface area contributed by atoms with Crippen LogP contribution in [0.4, 0.5) is 5.69 Å². The third-order valence-electron chi connectivity index (χ3n) is 3.48. The number of hydrogen-bond donors (Lipinski definition) is 1. The van der Waals surface area contributed by atoms with Gasteiger partial charge in [-0.1, -0.05) is 39.0 Å². The Hall–Kier alpha value is -1.35. The second-order valence-corrected chi connectivity index (χ2v) is 5.13. The topological polar surface area (TPSA) is 40.5 Å². The van der Waals surface area contributed by atoms with E-state index in [9.17, 15) is 9.90 Å². The molecular formula is C14H19NO2. The quantitative estimate of drug-likeness (QED) is 0.852. The summed E-state index contributed by atoms with van der Waals surface area (Å²) >= 11 is 0. The molecule has 0 fully saturated rings. The van der Waals surface area contributed by atoms with E-state index in [4.69, 9.17) is 0 Å². The Morgan fingerprint density at radius 1 is 1.41 bits per heavy atom. The fraction of sp³-hybridized carbons (Fsp3) is 0.500. The van der Waals surface area contributed by atoms with E-state index in [1.165, 1.54) is 0 Å². The molecule has 3 heteroatoms. The minimum absolute atomic E-state index is 0.00183. The van der Waals surface area contributed by atoms with Crippen molar-refractivity contribution in [3.8, 4) is 0 Å². The molecule has 0 saturated heterocycles. The number of benzene rings is 1. The van der Waals surface area contributed by atoms with Gasteiger partial charge >= 0.3 is 0 Å². The molecular weight excluding hydrogens is 214 g/mol. The molecule has 0 aromatic heterocycles. The number of aliphatic hydroxyl groups excluding tert-OH is 1. The van der Waals surface area contributed by atoms with E-state index in [0.717, 1.165) is 17.7 Å². The molecule has 0 spiro atoms. The van der Waals surface area contributed by atoms with Crippen molar-refractivity contribution in [1.29, 1.82) is 0 Å². The van der Waals surface area contributed by atoms with Gasteiger partial charge in [0.1, 0.15) is 6.23 Å². The summed E-state index contributed by atoms with van der Waals surface area (Å²) in [5, 5.41) is 10.3. The number of hydrogen-bond acceptors (Lipinski definition) is 2. The van der Waals surface area contributed by atoms with Crippen LogP contribution < -0.4 is 4.90 Å². The zero-order chi connectivity index (χ0) is 12.6. The normalized spacial score (nSPS) is 21.4. The molecule has 3 nitrogen and oxygen atoms in total. The molecule has 1 amide bonds. The fourth-order valence-electron chi connectivity index (χ4n) is 2.43. The Labute approximate surface area is 102 Å². The van der Waals surface area contributed by atoms with Gasteiger partial charge in [0.05, 0.1) is 5.69 Å². The number of nitrogens with zero attached hydrogens (tertiary/aromatic N) is 1. The predicted molar refractivity (Wildman–Crippen MR) is 67.9 cm³/mol. The molecule has 1 aromatic carbocycles. The standard InChI is InChI=1S/C14H19NO2/c1-4-7-12(16)15-11-9-6-5-8-10(11)14(2,3)13(15)17/h5-6,8-9,13,17H,4,7H2,1-3H3/t13-/m1/s1. The molecule has 0 unspecified atom stereocenters. The highest BCUT2D eigenvalue weighted by Gasteiger charge is 2.45. The number of carbonyl (C=O) groups excluding carboxylic acids is 1. The maximum Gasteiger partial charge on any atom is 0.229 e. The number of carbonyl (C=O) groups is 1. The zero-order valence-electron chi connectivity index (χ0n) is 10.6. The highest BCUT2D eigenvalue weighted by atomic mass is 16.3. The second-order valence-electron chi connectivity index (χ2n) is 5.13. The smallest absolute Gasteiger partial charge is 0.229 e. The first-order valence-electron chi connectivity index (χ1n) is 6.09. The fourth-order valence-corrected chi connectivity index (χ4v) is 2.43. The Morgan fingerprint density at radius 2 is 2.06 bits per heavy atom. The minimum Gasteiger partial charge on any atom is -0.372 e. The Balaban J connectivity index is 2.46. The van der Waals surface area contributed by atoms with Crippen LogP contribution >= 0.6 is 0 Å². The van der Waals surface area contributed by atoms with Crippen molar-refractivity contribution in [2.75, 3.05) is 4.90 Å². The van der Waals surface area contributed by atoms with Crippen molar-refractivity contribution in [2.45, 2.75) is 45.3 Å². The summed E-state index contributed by atoms with van der Waals surface area (Å²) in [5.74, 6) is -0.00183. The van der Waals surface area contributed by atoms with Gasteiger partial charge in [0.25, 0.3) is 0 Å². The third-order valence-corrected chi connectivity index (χ3v) is 3.48. The van der Waals surface area contributed by atoms with Gasteiger partial charge in [-0.05, 0) is 18.1 Å². The van der Waals surface area contributed by atoms with Crippen molar-refractivity contribution >= 4 is 11.6 Å². The van der Waals surface area contributed by atoms with Gasteiger partial charge in [-0.3, -0.25) is 9.69 Å². The van der Waals surface area contributed by atoms with E-state index >= 15 is 0 Å². The van der Waals surface area contributed by atoms with Gasteiger partial charge in [0.15, 0.2) is 0 Å². The summed E-state index contributed by atoms with van der Waals surface area (Å²) in [6.45, 7) is 5.91. The van der Waals surface area contributed by atoms with Gasteiger partial charge in [0.2, 0.25) is 5.91 Å². The van der Waals surface area contributed by atoms with Crippen molar-refractivity contribution < 1.29 is 9.90 Å². The van der Waals surface area contributed by atoms with Crippen LogP contribution in [0.15, 0.2) is 24.3 Å². The number of fused-ring (bicyclic) bond motifs is 1. The van der Waals surface area contributed by atoms with Gasteiger partial charge in [-0.2, -0.15) is 0 Å². The summed E-state index contributed by atoms with van der Waals surface area (Å²) in [4.78, 5) is 13.6. The largest absolute Gasteiger partial charge is 0.372 e. The molecule has 1 aromatic rings. The van der Waals surface area contributed by atoms with Crippen LogP contribution in [0.25, 0.3) is 0 Å². The summed E-state index contributed by atoms with van der Waals surface area (Å²) in [7, 11) is 0. The molecule has 0 aliphatic carbocycles. The van der Waals surface area contributed by atoms with Crippen molar-refractivity contribution in [3.63, 3.8) is 0 Å². The van der Waals surface area contributed by atoms with Crippen LogP contribution in [-0.2, 0) is 10.2 Å². The summed E-state index contributed by atoms with van der Waals surface area (Å²) in [6.07, 6.45) is 0.505. The molecule has 1 N–H and O–H groups in total. The maximum atomic E-state index is 12.1. The van der Waals surface area contributed by atoms with Crippen LogP contribution in [0, 0.1) is 0 Å². The van der Waals surface area contributed by atoms with Gasteiger partial charge in [0, 0.05) is 11.8 Å². The first-order valence-corrected chi connectivity index (χ1v) is 6.09. The van der Waals surface area contributed by atoms with Crippen molar-refractivity contribution in [2.24, 2.45) is 0 Å². The van der Waals surface area contributed by atoms with Crippen LogP contribution in [0.3, 0.4) is 0 Å². The Bertz CT molecular complexity index is 440. The summed E-state index contributed by atoms with van der Waals surface area (Å²) in [5.41, 5.74) is 1.49. The van der Waals surface area contributed by atoms with Gasteiger partial charge in [-0.15, -0.1) is 0 Å². The lowest BCUT2D eigenvalue weighted by Crippen LogP contribution is -2.44. The molecule has 2 rings (SSSR count). The molecule has 92 valence electrons. The van der Waals surface area contributed by atoms with E-state index in [1.807, 2.05) is 45.0 Å². The number of anilines is 1. The van der Waals surface area contributed by atoms with Crippen LogP contribution in [0.5, 0.6) is 0 Å². The average Bonchev–Trinajstić information content (AvgIpc) is 2.49. The molecule has 0 radical (unpaired) electrons. The van der Waals surface area contributed by atoms with Crippen molar-refractivity contribution in [1.82, 2.24) is 0 Å². The van der Waals surface area contributed by atoms with E-state index in [-0.39, 0.29) is 5.91 Å². The molecule has 17 heavy (non-hydrogen) atoms. The van der Waals surface area contributed by atoms with E-state index < -0.39 is 11.6 Å². The lowest BCUT2D eigenvalue weighted by Gasteiger charge is -2.28. The number of rotatable bonds is 2. The van der Waals surface area contributed by atoms with Crippen molar-refractivity contribution in [3.05, 3.63) is 29.8 Å². The molecule has 0 saturated carbocycles. The minimum atomic E-state index is -0.765. The first kappa shape index (κ1) is 12.1. The number of amides is 1. The summed E-state index contributed by atoms with van der Waals surface area (Å²) in [6, 6.07) is 7.74. The molecule has 1 atom stereocenters. The SMILES string of the molecule is CCCC(=O)N1c2ccccc2C(C)(C)[C@H]1O. The number of para-hydroxylation sites is 1. The van der Waals surface area contributed by atoms with E-state index in [2.05, 4.69) is 0 Å². The molecule has 0 bridgehead atoms. The first-order chi connectivity index (χ1) is 8.00. The third kappa shape index (κ3) is 1.75. The van der Waals surface area contributed by atoms with Crippen LogP contribution in [-0.4, -0.2) is 17.2 Å². The van der Waals surface area contributed by atoms with E-state index in [1.54, 1.807) is 4.90 Å². The van der Waals surface area contributed by atoms with Crippen LogP contribution in [0.2, 0.25) is 0 Å². The van der Waals surface area contributed by atoms with Gasteiger partial charge < -0.3 is 5.11 Å². The molecule has 1 aliphatic heterocycles. The highest BCUT2D eigenvalue weighted by Crippen LogP contribution is 2.44. The molecule has 1 heterocycles. The second kappa shape index (κ2) is 4.15. The number of aliphatic hydroxyl groups is 1. The Morgan fingerprint density at radius 3 is 2.71 bits per heavy atom. The van der Waals surface area contributed by atoms with Gasteiger partial charge in [-0.25, -0.2) is 0 Å². The Kier molecular flexibility index (Phi) is 2.96. The molecule has 1 aliphatic rings. The summed E-state index contributed by atoms with van der Waals surface area (Å²) < 4.78 is 0. The average molecular weight is 233 g/mol.